The van der Waals surface area contributed by atoms with Gasteiger partial charge in [0.05, 0.1) is 7.11 Å². The van der Waals surface area contributed by atoms with Gasteiger partial charge in [0.1, 0.15) is 11.5 Å². The van der Waals surface area contributed by atoms with Crippen LogP contribution in [0.5, 0.6) is 0 Å². The summed E-state index contributed by atoms with van der Waals surface area (Å²) in [7, 11) is 1.27. The lowest BCUT2D eigenvalue weighted by Gasteiger charge is -2.69. The molecule has 7 atom stereocenters. The summed E-state index contributed by atoms with van der Waals surface area (Å²) in [5, 5.41) is 24.7. The topological polar surface area (TPSA) is 113 Å². The van der Waals surface area contributed by atoms with Crippen LogP contribution in [0.1, 0.15) is 74.1 Å². The molecule has 0 aromatic rings. The number of hydrogen-bond donors (Lipinski definition) is 1. The molecule has 0 aliphatic heterocycles. The van der Waals surface area contributed by atoms with Crippen molar-refractivity contribution in [2.24, 2.45) is 38.9 Å². The minimum Gasteiger partial charge on any atom is -0.875 e. The van der Waals surface area contributed by atoms with E-state index in [1.807, 2.05) is 13.8 Å². The summed E-state index contributed by atoms with van der Waals surface area (Å²) in [5.41, 5.74) is -4.27. The highest BCUT2D eigenvalue weighted by Crippen LogP contribution is 2.76. The van der Waals surface area contributed by atoms with Crippen molar-refractivity contribution in [1.82, 2.24) is 0 Å². The SMILES string of the molecule is COC(=O)[C@@]12C(=O)C(C)=C([O-])[C@]1(C)C(C)=C[C@H]1[C@]3(CO)CC[C@H](OC(C)=O)C(C)(C)[C@H]3CC[C@@]12C. The highest BCUT2D eigenvalue weighted by molar-refractivity contribution is 6.17. The van der Waals surface area contributed by atoms with Gasteiger partial charge in [0, 0.05) is 29.8 Å². The van der Waals surface area contributed by atoms with Gasteiger partial charge in [-0.3, -0.25) is 14.4 Å². The number of carbonyl (C=O) groups excluding carboxylic acids is 3. The molecule has 0 amide bonds. The molecule has 4 aliphatic rings. The number of rotatable bonds is 3. The molecule has 0 aromatic carbocycles. The average molecular weight is 488 g/mol. The number of carbonyl (C=O) groups is 3. The van der Waals surface area contributed by atoms with Gasteiger partial charge in [-0.15, -0.1) is 5.76 Å². The van der Waals surface area contributed by atoms with Gasteiger partial charge in [-0.25, -0.2) is 0 Å². The molecule has 35 heavy (non-hydrogen) atoms. The molecule has 1 N–H and O–H groups in total. The zero-order valence-corrected chi connectivity index (χ0v) is 22.2. The fourth-order valence-electron chi connectivity index (χ4n) is 9.21. The largest absolute Gasteiger partial charge is 0.875 e. The standard InChI is InChI=1S/C28H40O7/c1-15-13-19-25(6,28(23(33)34-8)22(32)16(2)21(31)26(15,28)7)11-9-18-24(4,5)20(35-17(3)30)10-12-27(18,19)14-29/h13,18-20,29,31H,9-12,14H2,1-8H3/p-1/t18-,19-,20+,25+,26+,27+,28-/m1/s1. The lowest BCUT2D eigenvalue weighted by molar-refractivity contribution is -0.332. The normalized spacial score (nSPS) is 44.1. The molecule has 4 rings (SSSR count). The van der Waals surface area contributed by atoms with E-state index in [0.717, 1.165) is 0 Å². The Morgan fingerprint density at radius 3 is 2.31 bits per heavy atom. The van der Waals surface area contributed by atoms with Crippen molar-refractivity contribution in [3.05, 3.63) is 23.0 Å². The van der Waals surface area contributed by atoms with E-state index in [-0.39, 0.29) is 41.8 Å². The van der Waals surface area contributed by atoms with E-state index < -0.39 is 38.8 Å². The van der Waals surface area contributed by atoms with Crippen molar-refractivity contribution in [2.45, 2.75) is 80.3 Å². The first kappa shape index (κ1) is 25.9. The Morgan fingerprint density at radius 2 is 1.77 bits per heavy atom. The molecular weight excluding hydrogens is 448 g/mol. The van der Waals surface area contributed by atoms with Crippen molar-refractivity contribution in [1.29, 1.82) is 0 Å². The van der Waals surface area contributed by atoms with Gasteiger partial charge in [-0.2, -0.15) is 0 Å². The van der Waals surface area contributed by atoms with Crippen molar-refractivity contribution >= 4 is 17.7 Å². The zero-order valence-electron chi connectivity index (χ0n) is 22.2. The Balaban J connectivity index is 1.98. The fraction of sp³-hybridized carbons (Fsp3) is 0.750. The molecule has 0 heterocycles. The molecule has 7 nitrogen and oxygen atoms in total. The number of ketones is 1. The number of fused-ring (bicyclic) bond motifs is 5. The molecule has 0 spiro atoms. The Labute approximate surface area is 207 Å². The first-order chi connectivity index (χ1) is 16.1. The van der Waals surface area contributed by atoms with Crippen LogP contribution in [0.4, 0.5) is 0 Å². The van der Waals surface area contributed by atoms with E-state index in [1.165, 1.54) is 21.0 Å². The predicted molar refractivity (Wildman–Crippen MR) is 126 cm³/mol. The van der Waals surface area contributed by atoms with E-state index in [9.17, 15) is 24.6 Å². The van der Waals surface area contributed by atoms with Gasteiger partial charge in [-0.1, -0.05) is 39.3 Å². The van der Waals surface area contributed by atoms with Gasteiger partial charge in [0.15, 0.2) is 5.78 Å². The van der Waals surface area contributed by atoms with Crippen LogP contribution >= 0.6 is 0 Å². The Kier molecular flexibility index (Phi) is 5.68. The van der Waals surface area contributed by atoms with E-state index in [2.05, 4.69) is 19.9 Å². The number of allylic oxidation sites excluding steroid dienone is 3. The van der Waals surface area contributed by atoms with Gasteiger partial charge >= 0.3 is 11.9 Å². The summed E-state index contributed by atoms with van der Waals surface area (Å²) in [6.07, 6.45) is 4.06. The van der Waals surface area contributed by atoms with Gasteiger partial charge in [0.25, 0.3) is 0 Å². The first-order valence-corrected chi connectivity index (χ1v) is 12.6. The third-order valence-corrected chi connectivity index (χ3v) is 10.9. The number of hydrogen-bond acceptors (Lipinski definition) is 7. The molecular formula is C28H39O7-. The number of Topliss-reactive ketones (excluding diaryl/α,β-unsaturated/α-hetero) is 1. The highest BCUT2D eigenvalue weighted by Gasteiger charge is 2.79. The van der Waals surface area contributed by atoms with Crippen molar-refractivity contribution in [2.75, 3.05) is 13.7 Å². The van der Waals surface area contributed by atoms with Gasteiger partial charge in [0.2, 0.25) is 0 Å². The molecule has 4 aliphatic carbocycles. The molecule has 0 unspecified atom stereocenters. The molecule has 0 bridgehead atoms. The summed E-state index contributed by atoms with van der Waals surface area (Å²) in [6, 6.07) is 0. The summed E-state index contributed by atoms with van der Waals surface area (Å²) in [6.45, 7) is 12.5. The minimum atomic E-state index is -1.69. The lowest BCUT2D eigenvalue weighted by atomic mass is 9.33. The smallest absolute Gasteiger partial charge is 0.321 e. The third-order valence-electron chi connectivity index (χ3n) is 10.9. The first-order valence-electron chi connectivity index (χ1n) is 12.6. The van der Waals surface area contributed by atoms with Crippen LogP contribution < -0.4 is 5.11 Å². The van der Waals surface area contributed by atoms with Crippen LogP contribution in [-0.4, -0.2) is 42.6 Å². The van der Waals surface area contributed by atoms with Crippen molar-refractivity contribution in [3.63, 3.8) is 0 Å². The second-order valence-corrected chi connectivity index (χ2v) is 12.3. The lowest BCUT2D eigenvalue weighted by Crippen LogP contribution is -2.71. The number of esters is 2. The summed E-state index contributed by atoms with van der Waals surface area (Å²) in [4.78, 5) is 39.6. The molecule has 0 aromatic heterocycles. The quantitative estimate of drug-likeness (QED) is 0.370. The molecule has 2 fully saturated rings. The summed E-state index contributed by atoms with van der Waals surface area (Å²) >= 11 is 0. The molecule has 0 radical (unpaired) electrons. The van der Waals surface area contributed by atoms with E-state index in [0.29, 0.717) is 31.3 Å². The molecule has 2 saturated carbocycles. The third kappa shape index (κ3) is 2.68. The van der Waals surface area contributed by atoms with Crippen LogP contribution in [0.15, 0.2) is 23.0 Å². The summed E-state index contributed by atoms with van der Waals surface area (Å²) < 4.78 is 11.0. The van der Waals surface area contributed by atoms with Crippen LogP contribution in [0.2, 0.25) is 0 Å². The molecule has 0 saturated heterocycles. The monoisotopic (exact) mass is 487 g/mol. The Morgan fingerprint density at radius 1 is 1.14 bits per heavy atom. The number of aliphatic hydroxyl groups is 1. The van der Waals surface area contributed by atoms with E-state index >= 15 is 0 Å². The second-order valence-electron chi connectivity index (χ2n) is 12.3. The van der Waals surface area contributed by atoms with Gasteiger partial charge in [-0.05, 0) is 62.4 Å². The second kappa shape index (κ2) is 7.67. The Bertz CT molecular complexity index is 1050. The highest BCUT2D eigenvalue weighted by atomic mass is 16.5. The number of aliphatic hydroxyl groups excluding tert-OH is 1. The molecule has 7 heteroatoms. The fourth-order valence-corrected chi connectivity index (χ4v) is 9.21. The Hall–Kier alpha value is -2.15. The predicted octanol–water partition coefficient (Wildman–Crippen LogP) is 3.09. The number of ether oxygens (including phenoxy) is 2. The van der Waals surface area contributed by atoms with Crippen LogP contribution in [0.25, 0.3) is 0 Å². The van der Waals surface area contributed by atoms with Crippen LogP contribution in [0.3, 0.4) is 0 Å². The maximum absolute atomic E-state index is 14.0. The zero-order chi connectivity index (χ0) is 26.4. The van der Waals surface area contributed by atoms with Gasteiger partial charge < -0.3 is 19.7 Å². The maximum Gasteiger partial charge on any atom is 0.321 e. The van der Waals surface area contributed by atoms with Crippen molar-refractivity contribution < 1.29 is 34.1 Å². The van der Waals surface area contributed by atoms with E-state index in [4.69, 9.17) is 9.47 Å². The van der Waals surface area contributed by atoms with Crippen LogP contribution in [-0.2, 0) is 23.9 Å². The molecule has 194 valence electrons. The van der Waals surface area contributed by atoms with Crippen LogP contribution in [0, 0.1) is 38.9 Å². The van der Waals surface area contributed by atoms with E-state index in [1.54, 1.807) is 6.92 Å². The average Bonchev–Trinajstić information content (AvgIpc) is 2.95. The van der Waals surface area contributed by atoms with Crippen molar-refractivity contribution in [3.8, 4) is 0 Å². The number of methoxy groups -OCH3 is 1. The minimum absolute atomic E-state index is 0.0171. The summed E-state index contributed by atoms with van der Waals surface area (Å²) in [5.74, 6) is -2.12. The maximum atomic E-state index is 14.0.